The third-order valence-corrected chi connectivity index (χ3v) is 9.37. The molecule has 0 saturated carbocycles. The summed E-state index contributed by atoms with van der Waals surface area (Å²) in [6.07, 6.45) is 27.6. The van der Waals surface area contributed by atoms with Crippen molar-refractivity contribution in [1.82, 2.24) is 10.6 Å². The number of quaternary nitrogens is 1. The lowest BCUT2D eigenvalue weighted by Crippen LogP contribution is -2.46. The fourth-order valence-corrected chi connectivity index (χ4v) is 6.08. The Hall–Kier alpha value is -0.990. The summed E-state index contributed by atoms with van der Waals surface area (Å²) in [6.45, 7) is 5.02. The molecule has 0 radical (unpaired) electrons. The smallest absolute Gasteiger partial charge is 0.354 e. The Labute approximate surface area is 283 Å². The van der Waals surface area contributed by atoms with Crippen LogP contribution in [0.3, 0.4) is 0 Å². The van der Waals surface area contributed by atoms with Gasteiger partial charge in [-0.25, -0.2) is 4.57 Å². The van der Waals surface area contributed by atoms with Gasteiger partial charge in [-0.3, -0.25) is 18.6 Å². The van der Waals surface area contributed by atoms with Crippen molar-refractivity contribution in [3.63, 3.8) is 0 Å². The van der Waals surface area contributed by atoms with Gasteiger partial charge in [0.25, 0.3) is 0 Å². The maximum atomic E-state index is 12.7. The molecule has 3 N–H and O–H groups in total. The number of phosphoric acid groups is 1. The third kappa shape index (κ3) is 32.9. The molecule has 0 aliphatic heterocycles. The zero-order valence-electron chi connectivity index (χ0n) is 30.8. The van der Waals surface area contributed by atoms with Crippen LogP contribution in [-0.2, 0) is 23.2 Å². The van der Waals surface area contributed by atoms with Crippen molar-refractivity contribution in [1.29, 1.82) is 0 Å². The van der Waals surface area contributed by atoms with Gasteiger partial charge in [0.1, 0.15) is 13.2 Å². The van der Waals surface area contributed by atoms with Crippen molar-refractivity contribution in [2.24, 2.45) is 0 Å². The molecular weight excluding hydrogens is 601 g/mol. The highest BCUT2D eigenvalue weighted by Crippen LogP contribution is 2.43. The van der Waals surface area contributed by atoms with Crippen LogP contribution in [0.15, 0.2) is 0 Å². The maximum absolute atomic E-state index is 12.7. The van der Waals surface area contributed by atoms with E-state index < -0.39 is 13.9 Å². The molecule has 0 spiro atoms. The molecular formula is C36H75N3O6P+. The number of nitrogens with one attached hydrogen (secondary N) is 2. The largest absolute Gasteiger partial charge is 0.472 e. The van der Waals surface area contributed by atoms with E-state index in [-0.39, 0.29) is 31.6 Å². The van der Waals surface area contributed by atoms with Crippen molar-refractivity contribution in [2.75, 3.05) is 47.4 Å². The standard InChI is InChI=1S/C36H74N3O6P/c1-6-8-10-12-14-16-18-20-22-24-26-28-35(40)37-32-34(33-45-46(42,43)44-31-30-39(3,4)5)38-36(41)29-27-25-23-21-19-17-15-13-11-9-7-2/h34H,6-33H2,1-5H3,(H2-,37,38,40,41,42,43)/p+1/t34-/m1/s1. The molecule has 2 atom stereocenters. The topological polar surface area (TPSA) is 114 Å². The highest BCUT2D eigenvalue weighted by atomic mass is 31.2. The van der Waals surface area contributed by atoms with E-state index in [4.69, 9.17) is 9.05 Å². The second-order valence-electron chi connectivity index (χ2n) is 14.3. The molecule has 0 aromatic heterocycles. The Morgan fingerprint density at radius 2 is 1.02 bits per heavy atom. The Bertz CT molecular complexity index is 777. The minimum Gasteiger partial charge on any atom is -0.354 e. The van der Waals surface area contributed by atoms with Crippen molar-refractivity contribution in [3.8, 4) is 0 Å². The zero-order chi connectivity index (χ0) is 34.4. The molecule has 0 aromatic carbocycles. The number of hydrogen-bond donors (Lipinski definition) is 3. The molecule has 0 aliphatic rings. The van der Waals surface area contributed by atoms with Crippen molar-refractivity contribution >= 4 is 19.6 Å². The van der Waals surface area contributed by atoms with Crippen LogP contribution in [-0.4, -0.2) is 74.7 Å². The molecule has 0 bridgehead atoms. The van der Waals surface area contributed by atoms with Gasteiger partial charge in [-0.2, -0.15) is 0 Å². The van der Waals surface area contributed by atoms with Crippen LogP contribution >= 0.6 is 7.82 Å². The molecule has 0 heterocycles. The molecule has 1 unspecified atom stereocenters. The minimum absolute atomic E-state index is 0.0723. The van der Waals surface area contributed by atoms with Gasteiger partial charge in [-0.05, 0) is 12.8 Å². The van der Waals surface area contributed by atoms with E-state index in [1.54, 1.807) is 0 Å². The molecule has 0 saturated heterocycles. The molecule has 0 aliphatic carbocycles. The number of phosphoric ester groups is 1. The Morgan fingerprint density at radius 3 is 1.43 bits per heavy atom. The summed E-state index contributed by atoms with van der Waals surface area (Å²) in [7, 11) is 1.61. The van der Waals surface area contributed by atoms with Gasteiger partial charge in [0.15, 0.2) is 0 Å². The molecule has 0 fully saturated rings. The Morgan fingerprint density at radius 1 is 0.630 bits per heavy atom. The normalized spacial score (nSPS) is 13.8. The number of rotatable bonds is 34. The van der Waals surface area contributed by atoms with Crippen LogP contribution in [0, 0.1) is 0 Å². The second kappa shape index (κ2) is 30.1. The van der Waals surface area contributed by atoms with Crippen LogP contribution in [0.2, 0.25) is 0 Å². The molecule has 2 amide bonds. The number of nitrogens with zero attached hydrogens (tertiary/aromatic N) is 1. The highest BCUT2D eigenvalue weighted by molar-refractivity contribution is 7.47. The third-order valence-electron chi connectivity index (χ3n) is 8.38. The first-order valence-electron chi connectivity index (χ1n) is 19.0. The summed E-state index contributed by atoms with van der Waals surface area (Å²) < 4.78 is 23.4. The van der Waals surface area contributed by atoms with Crippen LogP contribution < -0.4 is 10.6 Å². The van der Waals surface area contributed by atoms with Crippen molar-refractivity contribution in [3.05, 3.63) is 0 Å². The summed E-state index contributed by atoms with van der Waals surface area (Å²) in [6, 6.07) is -0.621. The Balaban J connectivity index is 4.44. The van der Waals surface area contributed by atoms with E-state index >= 15 is 0 Å². The lowest BCUT2D eigenvalue weighted by molar-refractivity contribution is -0.870. The van der Waals surface area contributed by atoms with Gasteiger partial charge in [-0.15, -0.1) is 0 Å². The first kappa shape index (κ1) is 45.0. The van der Waals surface area contributed by atoms with E-state index in [1.807, 2.05) is 21.1 Å². The molecule has 10 heteroatoms. The SMILES string of the molecule is CCCCCCCCCCCCCC(=O)NC[C@H](COP(=O)(O)OCC[N+](C)(C)C)NC(=O)CCCCCCCCCCCCC. The van der Waals surface area contributed by atoms with Gasteiger partial charge in [-0.1, -0.05) is 142 Å². The zero-order valence-corrected chi connectivity index (χ0v) is 31.7. The van der Waals surface area contributed by atoms with E-state index in [2.05, 4.69) is 24.5 Å². The lowest BCUT2D eigenvalue weighted by atomic mass is 10.1. The van der Waals surface area contributed by atoms with Crippen molar-refractivity contribution < 1.29 is 32.6 Å². The van der Waals surface area contributed by atoms with Crippen LogP contribution in [0.5, 0.6) is 0 Å². The fraction of sp³-hybridized carbons (Fsp3) is 0.944. The van der Waals surface area contributed by atoms with Crippen LogP contribution in [0.4, 0.5) is 0 Å². The van der Waals surface area contributed by atoms with Gasteiger partial charge in [0, 0.05) is 19.4 Å². The average molecular weight is 677 g/mol. The van der Waals surface area contributed by atoms with Gasteiger partial charge in [0.2, 0.25) is 11.8 Å². The molecule has 0 rings (SSSR count). The molecule has 46 heavy (non-hydrogen) atoms. The molecule has 9 nitrogen and oxygen atoms in total. The van der Waals surface area contributed by atoms with E-state index in [9.17, 15) is 19.0 Å². The van der Waals surface area contributed by atoms with Gasteiger partial charge >= 0.3 is 7.82 Å². The first-order chi connectivity index (χ1) is 22.0. The van der Waals surface area contributed by atoms with E-state index in [1.165, 1.54) is 103 Å². The van der Waals surface area contributed by atoms with E-state index in [0.717, 1.165) is 38.5 Å². The highest BCUT2D eigenvalue weighted by Gasteiger charge is 2.25. The number of unbranched alkanes of at least 4 members (excludes halogenated alkanes) is 20. The number of carbonyl (C=O) groups is 2. The maximum Gasteiger partial charge on any atom is 0.472 e. The quantitative estimate of drug-likeness (QED) is 0.0357. The summed E-state index contributed by atoms with van der Waals surface area (Å²) in [5, 5.41) is 5.79. The lowest BCUT2D eigenvalue weighted by Gasteiger charge is -2.24. The van der Waals surface area contributed by atoms with Crippen LogP contribution in [0.25, 0.3) is 0 Å². The van der Waals surface area contributed by atoms with Gasteiger partial charge < -0.3 is 20.0 Å². The minimum atomic E-state index is -4.29. The molecule has 0 aromatic rings. The number of amides is 2. The summed E-state index contributed by atoms with van der Waals surface area (Å²) in [4.78, 5) is 35.4. The Kier molecular flexibility index (Phi) is 29.4. The summed E-state index contributed by atoms with van der Waals surface area (Å²) in [5.41, 5.74) is 0. The monoisotopic (exact) mass is 677 g/mol. The predicted octanol–water partition coefficient (Wildman–Crippen LogP) is 8.83. The summed E-state index contributed by atoms with van der Waals surface area (Å²) in [5.74, 6) is -0.213. The second-order valence-corrected chi connectivity index (χ2v) is 15.7. The van der Waals surface area contributed by atoms with Gasteiger partial charge in [0.05, 0.1) is 33.8 Å². The predicted molar refractivity (Wildman–Crippen MR) is 192 cm³/mol. The van der Waals surface area contributed by atoms with E-state index in [0.29, 0.717) is 23.9 Å². The number of carbonyl (C=O) groups excluding carboxylic acids is 2. The summed E-state index contributed by atoms with van der Waals surface area (Å²) >= 11 is 0. The first-order valence-corrected chi connectivity index (χ1v) is 20.5. The average Bonchev–Trinajstić information content (AvgIpc) is 2.99. The van der Waals surface area contributed by atoms with Crippen molar-refractivity contribution in [2.45, 2.75) is 174 Å². The fourth-order valence-electron chi connectivity index (χ4n) is 5.33. The number of likely N-dealkylation sites (N-methyl/N-ethyl adjacent to an activating group) is 1. The number of hydrogen-bond acceptors (Lipinski definition) is 5. The van der Waals surface area contributed by atoms with Crippen LogP contribution in [0.1, 0.15) is 168 Å². The molecule has 274 valence electrons.